The Morgan fingerprint density at radius 1 is 0.585 bits per heavy atom. The molecule has 7 heteroatoms. The highest BCUT2D eigenvalue weighted by atomic mass is 19.5. The largest absolute Gasteiger partial charge is 0.673 e. The number of halogens is 4. The van der Waals surface area contributed by atoms with Crippen molar-refractivity contribution in [2.24, 2.45) is 0 Å². The second-order valence-corrected chi connectivity index (χ2v) is 9.86. The summed E-state index contributed by atoms with van der Waals surface area (Å²) in [4.78, 5) is 0. The average Bonchev–Trinajstić information content (AvgIpc) is 2.96. The Labute approximate surface area is 239 Å². The summed E-state index contributed by atoms with van der Waals surface area (Å²) in [6.45, 7) is 7.04. The van der Waals surface area contributed by atoms with Crippen LogP contribution in [-0.2, 0) is 0 Å². The summed E-state index contributed by atoms with van der Waals surface area (Å²) < 4.78 is 47.9. The van der Waals surface area contributed by atoms with Crippen molar-refractivity contribution >= 4 is 7.25 Å². The van der Waals surface area contributed by atoms with Crippen molar-refractivity contribution in [2.75, 3.05) is 6.61 Å². The average molecular weight is 557 g/mol. The van der Waals surface area contributed by atoms with Crippen LogP contribution in [-0.4, -0.2) is 13.9 Å². The molecule has 2 nitrogen and oxygen atoms in total. The SMILES string of the molecule is Cc1cccc(C)c1OCC(C)[n+]1c(-c2ccccc2)cc(-c2ccccc2)cc1-c1ccccc1.F[B-](F)(F)F. The van der Waals surface area contributed by atoms with Crippen LogP contribution in [0.1, 0.15) is 24.1 Å². The van der Waals surface area contributed by atoms with Gasteiger partial charge in [0.05, 0.1) is 0 Å². The minimum absolute atomic E-state index is 0.0965. The molecule has 0 aliphatic heterocycles. The van der Waals surface area contributed by atoms with E-state index in [4.69, 9.17) is 4.74 Å². The predicted octanol–water partition coefficient (Wildman–Crippen LogP) is 9.53. The molecule has 0 saturated carbocycles. The third-order valence-corrected chi connectivity index (χ3v) is 6.67. The highest BCUT2D eigenvalue weighted by Gasteiger charge is 2.28. The summed E-state index contributed by atoms with van der Waals surface area (Å²) in [6.07, 6.45) is 0. The molecule has 1 atom stereocenters. The number of ether oxygens (including phenoxy) is 1. The summed E-state index contributed by atoms with van der Waals surface area (Å²) in [5.41, 5.74) is 9.46. The summed E-state index contributed by atoms with van der Waals surface area (Å²) in [6, 6.07) is 43.0. The number of rotatable bonds is 7. The Balaban J connectivity index is 0.000000714. The molecule has 0 amide bonds. The van der Waals surface area contributed by atoms with Crippen LogP contribution in [0.4, 0.5) is 17.3 Å². The number of aromatic nitrogens is 1. The van der Waals surface area contributed by atoms with Crippen molar-refractivity contribution in [1.29, 1.82) is 0 Å². The maximum absolute atomic E-state index is 9.75. The molecular formula is C34H32BF4NO. The fourth-order valence-electron chi connectivity index (χ4n) is 4.85. The van der Waals surface area contributed by atoms with Crippen LogP contribution in [0.15, 0.2) is 121 Å². The maximum atomic E-state index is 9.75. The van der Waals surface area contributed by atoms with E-state index in [1.165, 1.54) is 33.6 Å². The van der Waals surface area contributed by atoms with E-state index in [0.29, 0.717) is 6.61 Å². The lowest BCUT2D eigenvalue weighted by Crippen LogP contribution is -2.45. The standard InChI is InChI=1S/C34H32NO.BF4/c1-25-14-13-15-26(2)34(25)36-24-27(3)35-32(29-18-9-5-10-19-29)22-31(28-16-7-4-8-17-28)23-33(35)30-20-11-6-12-21-30;2-1(3,4)5/h4-23,27H,24H2,1-3H3;/q+1;-1. The van der Waals surface area contributed by atoms with Gasteiger partial charge in [0.1, 0.15) is 12.4 Å². The molecule has 1 heterocycles. The molecular weight excluding hydrogens is 525 g/mol. The molecule has 0 spiro atoms. The second-order valence-electron chi connectivity index (χ2n) is 9.86. The number of para-hydroxylation sites is 1. The van der Waals surface area contributed by atoms with Gasteiger partial charge in [0.25, 0.3) is 0 Å². The number of benzene rings is 4. The van der Waals surface area contributed by atoms with E-state index >= 15 is 0 Å². The zero-order chi connectivity index (χ0) is 29.4. The first-order valence-corrected chi connectivity index (χ1v) is 13.4. The Morgan fingerprint density at radius 2 is 0.976 bits per heavy atom. The molecule has 5 aromatic rings. The minimum Gasteiger partial charge on any atom is -0.486 e. The monoisotopic (exact) mass is 557 g/mol. The van der Waals surface area contributed by atoms with E-state index in [1.54, 1.807) is 0 Å². The molecule has 0 fully saturated rings. The number of hydrogen-bond acceptors (Lipinski definition) is 1. The van der Waals surface area contributed by atoms with Gasteiger partial charge in [-0.3, -0.25) is 0 Å². The van der Waals surface area contributed by atoms with Crippen LogP contribution < -0.4 is 9.30 Å². The van der Waals surface area contributed by atoms with Crippen molar-refractivity contribution in [3.05, 3.63) is 132 Å². The fraction of sp³-hybridized carbons (Fsp3) is 0.147. The Morgan fingerprint density at radius 3 is 1.39 bits per heavy atom. The Kier molecular flexibility index (Phi) is 9.61. The van der Waals surface area contributed by atoms with Crippen LogP contribution in [0.2, 0.25) is 0 Å². The molecule has 0 aliphatic rings. The number of aryl methyl sites for hydroxylation is 2. The van der Waals surface area contributed by atoms with Gasteiger partial charge in [0.2, 0.25) is 11.4 Å². The van der Waals surface area contributed by atoms with Crippen LogP contribution in [0.3, 0.4) is 0 Å². The number of pyridine rings is 1. The van der Waals surface area contributed by atoms with E-state index < -0.39 is 7.25 Å². The number of nitrogens with zero attached hydrogens (tertiary/aromatic N) is 1. The Hall–Kier alpha value is -4.39. The highest BCUT2D eigenvalue weighted by molar-refractivity contribution is 6.50. The van der Waals surface area contributed by atoms with Gasteiger partial charge in [-0.25, -0.2) is 0 Å². The lowest BCUT2D eigenvalue weighted by atomic mass is 9.98. The summed E-state index contributed by atoms with van der Waals surface area (Å²) >= 11 is 0. The third-order valence-electron chi connectivity index (χ3n) is 6.67. The topological polar surface area (TPSA) is 13.1 Å². The second kappa shape index (κ2) is 13.3. The molecule has 0 radical (unpaired) electrons. The zero-order valence-electron chi connectivity index (χ0n) is 23.3. The molecule has 4 aromatic carbocycles. The van der Waals surface area contributed by atoms with Crippen LogP contribution in [0, 0.1) is 13.8 Å². The molecule has 0 aliphatic carbocycles. The summed E-state index contributed by atoms with van der Waals surface area (Å²) in [5.74, 6) is 0.980. The predicted molar refractivity (Wildman–Crippen MR) is 159 cm³/mol. The third kappa shape index (κ3) is 8.07. The minimum atomic E-state index is -6.00. The lowest BCUT2D eigenvalue weighted by molar-refractivity contribution is -0.699. The van der Waals surface area contributed by atoms with E-state index in [2.05, 4.69) is 147 Å². The van der Waals surface area contributed by atoms with Gasteiger partial charge in [-0.05, 0) is 60.4 Å². The van der Waals surface area contributed by atoms with Gasteiger partial charge in [0, 0.05) is 30.2 Å². The van der Waals surface area contributed by atoms with E-state index in [9.17, 15) is 17.3 Å². The highest BCUT2D eigenvalue weighted by Crippen LogP contribution is 2.31. The molecule has 1 aromatic heterocycles. The molecule has 1 unspecified atom stereocenters. The van der Waals surface area contributed by atoms with Gasteiger partial charge >= 0.3 is 7.25 Å². The first-order chi connectivity index (χ1) is 19.6. The van der Waals surface area contributed by atoms with Crippen molar-refractivity contribution in [1.82, 2.24) is 0 Å². The van der Waals surface area contributed by atoms with Crippen molar-refractivity contribution in [2.45, 2.75) is 26.8 Å². The van der Waals surface area contributed by atoms with Crippen molar-refractivity contribution in [3.8, 4) is 39.4 Å². The van der Waals surface area contributed by atoms with Gasteiger partial charge in [0.15, 0.2) is 6.04 Å². The molecule has 210 valence electrons. The van der Waals surface area contributed by atoms with E-state index in [0.717, 1.165) is 16.9 Å². The van der Waals surface area contributed by atoms with Gasteiger partial charge in [-0.2, -0.15) is 4.57 Å². The molecule has 0 saturated heterocycles. The van der Waals surface area contributed by atoms with Crippen LogP contribution in [0.25, 0.3) is 33.6 Å². The number of hydrogen-bond donors (Lipinski definition) is 0. The van der Waals surface area contributed by atoms with Gasteiger partial charge < -0.3 is 22.0 Å². The van der Waals surface area contributed by atoms with Gasteiger partial charge in [-0.1, -0.05) is 84.9 Å². The maximum Gasteiger partial charge on any atom is 0.673 e. The smallest absolute Gasteiger partial charge is 0.486 e. The van der Waals surface area contributed by atoms with E-state index in [-0.39, 0.29) is 6.04 Å². The fourth-order valence-corrected chi connectivity index (χ4v) is 4.85. The summed E-state index contributed by atoms with van der Waals surface area (Å²) in [7, 11) is -6.00. The first kappa shape index (κ1) is 29.6. The van der Waals surface area contributed by atoms with Gasteiger partial charge in [-0.15, -0.1) is 0 Å². The normalized spacial score (nSPS) is 11.8. The molecule has 0 bridgehead atoms. The molecule has 0 N–H and O–H groups in total. The van der Waals surface area contributed by atoms with E-state index in [1.807, 2.05) is 0 Å². The van der Waals surface area contributed by atoms with Crippen molar-refractivity contribution in [3.63, 3.8) is 0 Å². The lowest BCUT2D eigenvalue weighted by Gasteiger charge is -2.19. The van der Waals surface area contributed by atoms with Crippen LogP contribution >= 0.6 is 0 Å². The van der Waals surface area contributed by atoms with Crippen molar-refractivity contribution < 1.29 is 26.6 Å². The molecule has 41 heavy (non-hydrogen) atoms. The Bertz CT molecular complexity index is 1470. The first-order valence-electron chi connectivity index (χ1n) is 13.4. The zero-order valence-corrected chi connectivity index (χ0v) is 23.3. The molecule has 5 rings (SSSR count). The quantitative estimate of drug-likeness (QED) is 0.110. The van der Waals surface area contributed by atoms with Crippen LogP contribution in [0.5, 0.6) is 5.75 Å². The summed E-state index contributed by atoms with van der Waals surface area (Å²) in [5, 5.41) is 0.